The highest BCUT2D eigenvalue weighted by molar-refractivity contribution is 5.89. The highest BCUT2D eigenvalue weighted by Gasteiger charge is 2.16. The second-order valence-corrected chi connectivity index (χ2v) is 5.39. The topological polar surface area (TPSA) is 83.1 Å². The average Bonchev–Trinajstić information content (AvgIpc) is 2.60. The monoisotopic (exact) mass is 359 g/mol. The standard InChI is InChI=1S/C19H21NO6/c1-12(21)20-14-6-5-7-15(11-14)26-18(22)10-13-8-16(23-2)19(25-4)17(9-13)24-3/h5-9,11H,10H2,1-4H3,(H,20,21). The van der Waals surface area contributed by atoms with Gasteiger partial charge in [-0.25, -0.2) is 0 Å². The Hall–Kier alpha value is -3.22. The summed E-state index contributed by atoms with van der Waals surface area (Å²) >= 11 is 0. The van der Waals surface area contributed by atoms with Crippen LogP contribution in [0.3, 0.4) is 0 Å². The van der Waals surface area contributed by atoms with Gasteiger partial charge in [-0.05, 0) is 29.8 Å². The molecular formula is C19H21NO6. The molecule has 0 aromatic heterocycles. The van der Waals surface area contributed by atoms with E-state index in [4.69, 9.17) is 18.9 Å². The predicted octanol–water partition coefficient (Wildman–Crippen LogP) is 2.82. The number of nitrogens with one attached hydrogen (secondary N) is 1. The fourth-order valence-corrected chi connectivity index (χ4v) is 2.41. The fraction of sp³-hybridized carbons (Fsp3) is 0.263. The highest BCUT2D eigenvalue weighted by atomic mass is 16.5. The fourth-order valence-electron chi connectivity index (χ4n) is 2.41. The molecule has 0 atom stereocenters. The smallest absolute Gasteiger partial charge is 0.315 e. The molecule has 1 N–H and O–H groups in total. The van der Waals surface area contributed by atoms with Gasteiger partial charge in [-0.3, -0.25) is 9.59 Å². The van der Waals surface area contributed by atoms with E-state index in [-0.39, 0.29) is 12.3 Å². The Labute approximate surface area is 151 Å². The molecule has 0 aliphatic heterocycles. The van der Waals surface area contributed by atoms with Gasteiger partial charge in [-0.2, -0.15) is 0 Å². The van der Waals surface area contributed by atoms with E-state index in [9.17, 15) is 9.59 Å². The van der Waals surface area contributed by atoms with Crippen LogP contribution in [0.2, 0.25) is 0 Å². The van der Waals surface area contributed by atoms with E-state index in [2.05, 4.69) is 5.32 Å². The zero-order chi connectivity index (χ0) is 19.1. The molecule has 0 spiro atoms. The number of ether oxygens (including phenoxy) is 4. The Morgan fingerprint density at radius 1 is 0.962 bits per heavy atom. The molecule has 0 saturated heterocycles. The van der Waals surface area contributed by atoms with E-state index >= 15 is 0 Å². The molecule has 2 aromatic rings. The SMILES string of the molecule is COc1cc(CC(=O)Oc2cccc(NC(C)=O)c2)cc(OC)c1OC. The van der Waals surface area contributed by atoms with Gasteiger partial charge in [0.1, 0.15) is 5.75 Å². The van der Waals surface area contributed by atoms with Crippen LogP contribution in [0.1, 0.15) is 12.5 Å². The van der Waals surface area contributed by atoms with Crippen LogP contribution in [0.5, 0.6) is 23.0 Å². The first kappa shape index (κ1) is 19.1. The van der Waals surface area contributed by atoms with Crippen molar-refractivity contribution in [2.24, 2.45) is 0 Å². The van der Waals surface area contributed by atoms with Crippen molar-refractivity contribution < 1.29 is 28.5 Å². The first-order chi connectivity index (χ1) is 12.5. The van der Waals surface area contributed by atoms with E-state index in [0.717, 1.165) is 0 Å². The normalized spacial score (nSPS) is 10.0. The molecule has 0 saturated carbocycles. The first-order valence-electron chi connectivity index (χ1n) is 7.84. The van der Waals surface area contributed by atoms with Crippen molar-refractivity contribution in [2.75, 3.05) is 26.6 Å². The summed E-state index contributed by atoms with van der Waals surface area (Å²) in [5.41, 5.74) is 1.21. The molecule has 0 fully saturated rings. The van der Waals surface area contributed by atoms with Gasteiger partial charge in [-0.1, -0.05) is 6.07 Å². The lowest BCUT2D eigenvalue weighted by molar-refractivity contribution is -0.133. The van der Waals surface area contributed by atoms with E-state index in [1.165, 1.54) is 28.3 Å². The number of carbonyl (C=O) groups is 2. The third kappa shape index (κ3) is 4.89. The Kier molecular flexibility index (Phi) is 6.43. The number of methoxy groups -OCH3 is 3. The van der Waals surface area contributed by atoms with Gasteiger partial charge < -0.3 is 24.3 Å². The molecule has 1 amide bonds. The third-order valence-corrected chi connectivity index (χ3v) is 3.46. The summed E-state index contributed by atoms with van der Waals surface area (Å²) in [5.74, 6) is 1.05. The first-order valence-corrected chi connectivity index (χ1v) is 7.84. The molecule has 0 radical (unpaired) electrons. The summed E-state index contributed by atoms with van der Waals surface area (Å²) in [4.78, 5) is 23.4. The lowest BCUT2D eigenvalue weighted by atomic mass is 10.1. The number of anilines is 1. The van der Waals surface area contributed by atoms with E-state index in [0.29, 0.717) is 34.2 Å². The van der Waals surface area contributed by atoms with Crippen molar-refractivity contribution in [3.8, 4) is 23.0 Å². The molecular weight excluding hydrogens is 338 g/mol. The van der Waals surface area contributed by atoms with Gasteiger partial charge in [0.15, 0.2) is 11.5 Å². The van der Waals surface area contributed by atoms with Crippen molar-refractivity contribution in [3.05, 3.63) is 42.0 Å². The lowest BCUT2D eigenvalue weighted by Gasteiger charge is -2.14. The number of rotatable bonds is 7. The number of amides is 1. The zero-order valence-corrected chi connectivity index (χ0v) is 15.1. The summed E-state index contributed by atoms with van der Waals surface area (Å²) in [6, 6.07) is 9.99. The van der Waals surface area contributed by atoms with Crippen LogP contribution in [0.15, 0.2) is 36.4 Å². The Morgan fingerprint density at radius 3 is 2.15 bits per heavy atom. The summed E-state index contributed by atoms with van der Waals surface area (Å²) in [5, 5.41) is 2.63. The second kappa shape index (κ2) is 8.75. The van der Waals surface area contributed by atoms with Crippen molar-refractivity contribution in [1.82, 2.24) is 0 Å². The van der Waals surface area contributed by atoms with Crippen LogP contribution >= 0.6 is 0 Å². The average molecular weight is 359 g/mol. The third-order valence-electron chi connectivity index (χ3n) is 3.46. The molecule has 2 rings (SSSR count). The molecule has 0 heterocycles. The highest BCUT2D eigenvalue weighted by Crippen LogP contribution is 2.38. The van der Waals surface area contributed by atoms with E-state index < -0.39 is 5.97 Å². The van der Waals surface area contributed by atoms with Crippen LogP contribution in [0, 0.1) is 0 Å². The summed E-state index contributed by atoms with van der Waals surface area (Å²) in [7, 11) is 4.52. The summed E-state index contributed by atoms with van der Waals surface area (Å²) in [6.45, 7) is 1.41. The van der Waals surface area contributed by atoms with Crippen molar-refractivity contribution in [1.29, 1.82) is 0 Å². The number of esters is 1. The van der Waals surface area contributed by atoms with Gasteiger partial charge in [0.25, 0.3) is 0 Å². The Bertz CT molecular complexity index is 777. The Balaban J connectivity index is 2.14. The molecule has 0 bridgehead atoms. The van der Waals surface area contributed by atoms with Crippen LogP contribution < -0.4 is 24.3 Å². The van der Waals surface area contributed by atoms with E-state index in [1.54, 1.807) is 36.4 Å². The van der Waals surface area contributed by atoms with Crippen LogP contribution in [0.25, 0.3) is 0 Å². The van der Waals surface area contributed by atoms with Crippen LogP contribution in [-0.4, -0.2) is 33.2 Å². The summed E-state index contributed by atoms with van der Waals surface area (Å²) in [6.07, 6.45) is 0.0150. The van der Waals surface area contributed by atoms with Crippen molar-refractivity contribution in [2.45, 2.75) is 13.3 Å². The van der Waals surface area contributed by atoms with Gasteiger partial charge in [0.05, 0.1) is 27.8 Å². The molecule has 7 nitrogen and oxygen atoms in total. The maximum Gasteiger partial charge on any atom is 0.315 e. The Morgan fingerprint density at radius 2 is 1.62 bits per heavy atom. The van der Waals surface area contributed by atoms with Gasteiger partial charge in [-0.15, -0.1) is 0 Å². The maximum absolute atomic E-state index is 12.2. The minimum Gasteiger partial charge on any atom is -0.493 e. The lowest BCUT2D eigenvalue weighted by Crippen LogP contribution is -2.12. The molecule has 0 aliphatic carbocycles. The largest absolute Gasteiger partial charge is 0.493 e. The minimum absolute atomic E-state index is 0.0150. The predicted molar refractivity (Wildman–Crippen MR) is 96.2 cm³/mol. The number of benzene rings is 2. The molecule has 0 unspecified atom stereocenters. The van der Waals surface area contributed by atoms with Crippen LogP contribution in [0.4, 0.5) is 5.69 Å². The zero-order valence-electron chi connectivity index (χ0n) is 15.1. The summed E-state index contributed by atoms with van der Waals surface area (Å²) < 4.78 is 21.1. The molecule has 138 valence electrons. The van der Waals surface area contributed by atoms with Gasteiger partial charge in [0, 0.05) is 18.7 Å². The van der Waals surface area contributed by atoms with Crippen molar-refractivity contribution in [3.63, 3.8) is 0 Å². The van der Waals surface area contributed by atoms with Gasteiger partial charge >= 0.3 is 5.97 Å². The quantitative estimate of drug-likeness (QED) is 0.605. The minimum atomic E-state index is -0.459. The number of carbonyl (C=O) groups excluding carboxylic acids is 2. The maximum atomic E-state index is 12.2. The molecule has 7 heteroatoms. The molecule has 26 heavy (non-hydrogen) atoms. The van der Waals surface area contributed by atoms with E-state index in [1.807, 2.05) is 0 Å². The number of hydrogen-bond acceptors (Lipinski definition) is 6. The van der Waals surface area contributed by atoms with Crippen molar-refractivity contribution >= 4 is 17.6 Å². The van der Waals surface area contributed by atoms with Crippen LogP contribution in [-0.2, 0) is 16.0 Å². The molecule has 2 aromatic carbocycles. The second-order valence-electron chi connectivity index (χ2n) is 5.39. The number of hydrogen-bond donors (Lipinski definition) is 1. The molecule has 0 aliphatic rings. The van der Waals surface area contributed by atoms with Gasteiger partial charge in [0.2, 0.25) is 11.7 Å².